The van der Waals surface area contributed by atoms with Crippen molar-refractivity contribution in [3.63, 3.8) is 0 Å². The summed E-state index contributed by atoms with van der Waals surface area (Å²) in [5.41, 5.74) is 1.45. The van der Waals surface area contributed by atoms with Gasteiger partial charge in [-0.25, -0.2) is 9.50 Å². The number of hydrogen-bond acceptors (Lipinski definition) is 5. The summed E-state index contributed by atoms with van der Waals surface area (Å²) in [4.78, 5) is 19.4. The molecule has 29 heavy (non-hydrogen) atoms. The summed E-state index contributed by atoms with van der Waals surface area (Å²) in [6, 6.07) is 13.8. The molecule has 7 nitrogen and oxygen atoms in total. The van der Waals surface area contributed by atoms with Crippen molar-refractivity contribution in [3.05, 3.63) is 60.6 Å². The van der Waals surface area contributed by atoms with E-state index in [4.69, 9.17) is 4.74 Å². The van der Waals surface area contributed by atoms with Crippen LogP contribution in [0.4, 0.5) is 5.82 Å². The molecule has 3 aromatic heterocycles. The van der Waals surface area contributed by atoms with Crippen LogP contribution >= 0.6 is 0 Å². The standard InChI is InChI=1S/C22H25N5O2/c1-29-20-11-16-14-26(22(28)19-12-17-6-3-5-9-27(17)25-19)13-15(16)10-18(20)24-21-7-2-4-8-23-21/h2-9,12,15-16,18,20H,10-11,13-14H2,1H3,(H,23,24)/t15-,16+,18-,20-/m1/s1. The summed E-state index contributed by atoms with van der Waals surface area (Å²) < 4.78 is 7.55. The molecule has 7 heteroatoms. The van der Waals surface area contributed by atoms with Crippen LogP contribution in [0.5, 0.6) is 0 Å². The van der Waals surface area contributed by atoms with Crippen molar-refractivity contribution >= 4 is 17.2 Å². The van der Waals surface area contributed by atoms with E-state index < -0.39 is 0 Å². The highest BCUT2D eigenvalue weighted by Gasteiger charge is 2.44. The van der Waals surface area contributed by atoms with Gasteiger partial charge in [0.2, 0.25) is 0 Å². The van der Waals surface area contributed by atoms with E-state index in [-0.39, 0.29) is 18.1 Å². The first-order valence-electron chi connectivity index (χ1n) is 10.2. The van der Waals surface area contributed by atoms with Gasteiger partial charge in [0.15, 0.2) is 5.69 Å². The highest BCUT2D eigenvalue weighted by Crippen LogP contribution is 2.38. The van der Waals surface area contributed by atoms with Crippen LogP contribution in [0.1, 0.15) is 23.3 Å². The van der Waals surface area contributed by atoms with Crippen molar-refractivity contribution in [2.24, 2.45) is 11.8 Å². The van der Waals surface area contributed by atoms with Gasteiger partial charge in [0.1, 0.15) is 5.82 Å². The van der Waals surface area contributed by atoms with Gasteiger partial charge in [0.05, 0.1) is 17.7 Å². The number of methoxy groups -OCH3 is 1. The number of rotatable bonds is 4. The molecule has 4 heterocycles. The smallest absolute Gasteiger partial charge is 0.274 e. The molecule has 0 spiro atoms. The van der Waals surface area contributed by atoms with Crippen LogP contribution in [-0.4, -0.2) is 57.8 Å². The second-order valence-electron chi connectivity index (χ2n) is 8.04. The van der Waals surface area contributed by atoms with E-state index in [0.29, 0.717) is 17.5 Å². The molecule has 2 fully saturated rings. The molecule has 1 aliphatic carbocycles. The van der Waals surface area contributed by atoms with Crippen LogP contribution in [0.15, 0.2) is 54.9 Å². The topological polar surface area (TPSA) is 71.8 Å². The molecule has 1 saturated heterocycles. The molecule has 1 N–H and O–H groups in total. The second kappa shape index (κ2) is 7.48. The Hall–Kier alpha value is -2.93. The van der Waals surface area contributed by atoms with Crippen LogP contribution in [-0.2, 0) is 4.74 Å². The normalized spacial score (nSPS) is 26.4. The maximum Gasteiger partial charge on any atom is 0.274 e. The summed E-state index contributed by atoms with van der Waals surface area (Å²) in [6.07, 6.45) is 5.69. The Balaban J connectivity index is 1.30. The second-order valence-corrected chi connectivity index (χ2v) is 8.04. The fourth-order valence-electron chi connectivity index (χ4n) is 4.83. The highest BCUT2D eigenvalue weighted by molar-refractivity contribution is 5.93. The minimum absolute atomic E-state index is 0.0197. The quantitative estimate of drug-likeness (QED) is 0.740. The van der Waals surface area contributed by atoms with Crippen molar-refractivity contribution in [3.8, 4) is 0 Å². The highest BCUT2D eigenvalue weighted by atomic mass is 16.5. The zero-order valence-electron chi connectivity index (χ0n) is 16.4. The van der Waals surface area contributed by atoms with E-state index in [0.717, 1.165) is 37.3 Å². The number of amides is 1. The third kappa shape index (κ3) is 3.46. The lowest BCUT2D eigenvalue weighted by molar-refractivity contribution is 0.0304. The van der Waals surface area contributed by atoms with Gasteiger partial charge in [-0.05, 0) is 55.0 Å². The van der Waals surface area contributed by atoms with E-state index in [1.54, 1.807) is 17.8 Å². The van der Waals surface area contributed by atoms with Gasteiger partial charge in [-0.15, -0.1) is 0 Å². The number of anilines is 1. The molecule has 0 radical (unpaired) electrons. The first-order chi connectivity index (χ1) is 14.2. The molecule has 0 unspecified atom stereocenters. The minimum atomic E-state index is 0.0197. The van der Waals surface area contributed by atoms with E-state index in [1.807, 2.05) is 53.6 Å². The average molecular weight is 391 g/mol. The molecular formula is C22H25N5O2. The number of ether oxygens (including phenoxy) is 1. The zero-order valence-corrected chi connectivity index (χ0v) is 16.4. The summed E-state index contributed by atoms with van der Waals surface area (Å²) in [7, 11) is 1.77. The minimum Gasteiger partial charge on any atom is -0.379 e. The maximum absolute atomic E-state index is 13.1. The summed E-state index contributed by atoms with van der Waals surface area (Å²) in [6.45, 7) is 1.54. The number of nitrogens with zero attached hydrogens (tertiary/aromatic N) is 4. The summed E-state index contributed by atoms with van der Waals surface area (Å²) in [5.74, 6) is 1.81. The Morgan fingerprint density at radius 3 is 2.72 bits per heavy atom. The zero-order chi connectivity index (χ0) is 19.8. The molecule has 0 aromatic carbocycles. The molecule has 150 valence electrons. The van der Waals surface area contributed by atoms with Gasteiger partial charge in [-0.3, -0.25) is 4.79 Å². The van der Waals surface area contributed by atoms with Crippen molar-refractivity contribution in [1.29, 1.82) is 0 Å². The Bertz CT molecular complexity index is 972. The number of hydrogen-bond donors (Lipinski definition) is 1. The van der Waals surface area contributed by atoms with E-state index in [1.165, 1.54) is 0 Å². The average Bonchev–Trinajstić information content (AvgIpc) is 3.37. The van der Waals surface area contributed by atoms with Crippen molar-refractivity contribution in [2.75, 3.05) is 25.5 Å². The lowest BCUT2D eigenvalue weighted by Crippen LogP contribution is -2.44. The molecule has 1 saturated carbocycles. The molecule has 1 aliphatic heterocycles. The molecule has 2 aliphatic rings. The van der Waals surface area contributed by atoms with Crippen molar-refractivity contribution in [1.82, 2.24) is 19.5 Å². The number of carbonyl (C=O) groups excluding carboxylic acids is 1. The van der Waals surface area contributed by atoms with Crippen LogP contribution < -0.4 is 5.32 Å². The third-order valence-corrected chi connectivity index (χ3v) is 6.29. The summed E-state index contributed by atoms with van der Waals surface area (Å²) >= 11 is 0. The SMILES string of the molecule is CO[C@@H]1C[C@H]2CN(C(=O)c3cc4ccccn4n3)C[C@H]2C[C@H]1Nc1ccccn1. The molecule has 4 atom stereocenters. The fourth-order valence-corrected chi connectivity index (χ4v) is 4.83. The Morgan fingerprint density at radius 1 is 1.14 bits per heavy atom. The maximum atomic E-state index is 13.1. The molecule has 5 rings (SSSR count). The number of aromatic nitrogens is 3. The largest absolute Gasteiger partial charge is 0.379 e. The number of fused-ring (bicyclic) bond motifs is 2. The summed E-state index contributed by atoms with van der Waals surface area (Å²) in [5, 5.41) is 7.99. The molecular weight excluding hydrogens is 366 g/mol. The van der Waals surface area contributed by atoms with Crippen molar-refractivity contribution < 1.29 is 9.53 Å². The number of carbonyl (C=O) groups is 1. The van der Waals surface area contributed by atoms with Gasteiger partial charge in [0, 0.05) is 32.6 Å². The van der Waals surface area contributed by atoms with E-state index in [2.05, 4.69) is 15.4 Å². The first-order valence-corrected chi connectivity index (χ1v) is 10.2. The van der Waals surface area contributed by atoms with E-state index in [9.17, 15) is 4.79 Å². The van der Waals surface area contributed by atoms with E-state index >= 15 is 0 Å². The Morgan fingerprint density at radius 2 is 1.97 bits per heavy atom. The fraction of sp³-hybridized carbons (Fsp3) is 0.409. The van der Waals surface area contributed by atoms with Crippen LogP contribution in [0.25, 0.3) is 5.52 Å². The van der Waals surface area contributed by atoms with Crippen LogP contribution in [0, 0.1) is 11.8 Å². The van der Waals surface area contributed by atoms with Gasteiger partial charge in [-0.1, -0.05) is 12.1 Å². The molecule has 0 bridgehead atoms. The number of pyridine rings is 2. The van der Waals surface area contributed by atoms with Crippen LogP contribution in [0.2, 0.25) is 0 Å². The Kier molecular flexibility index (Phi) is 4.67. The third-order valence-electron chi connectivity index (χ3n) is 6.29. The Labute approximate surface area is 169 Å². The van der Waals surface area contributed by atoms with Crippen molar-refractivity contribution in [2.45, 2.75) is 25.0 Å². The first kappa shape index (κ1) is 18.1. The number of likely N-dealkylation sites (tertiary alicyclic amines) is 1. The lowest BCUT2D eigenvalue weighted by atomic mass is 9.77. The monoisotopic (exact) mass is 391 g/mol. The number of nitrogens with one attached hydrogen (secondary N) is 1. The lowest BCUT2D eigenvalue weighted by Gasteiger charge is -2.37. The predicted molar refractivity (Wildman–Crippen MR) is 110 cm³/mol. The van der Waals surface area contributed by atoms with Gasteiger partial charge >= 0.3 is 0 Å². The van der Waals surface area contributed by atoms with Gasteiger partial charge in [-0.2, -0.15) is 5.10 Å². The van der Waals surface area contributed by atoms with Gasteiger partial charge in [0.25, 0.3) is 5.91 Å². The van der Waals surface area contributed by atoms with Crippen LogP contribution in [0.3, 0.4) is 0 Å². The van der Waals surface area contributed by atoms with Gasteiger partial charge < -0.3 is 15.0 Å². The predicted octanol–water partition coefficient (Wildman–Crippen LogP) is 2.71. The molecule has 3 aromatic rings. The molecule has 1 amide bonds.